The number of amides is 2. The predicted octanol–water partition coefficient (Wildman–Crippen LogP) is 5.84. The van der Waals surface area contributed by atoms with Crippen LogP contribution in [0.4, 0.5) is 0 Å². The summed E-state index contributed by atoms with van der Waals surface area (Å²) in [5, 5.41) is 2.02. The first-order valence-corrected chi connectivity index (χ1v) is 12.0. The fourth-order valence-corrected chi connectivity index (χ4v) is 4.31. The Morgan fingerprint density at radius 2 is 1.61 bits per heavy atom. The second-order valence-corrected chi connectivity index (χ2v) is 9.85. The first kappa shape index (κ1) is 23.2. The largest absolute Gasteiger partial charge is 0.332 e. The van der Waals surface area contributed by atoms with Crippen molar-refractivity contribution >= 4 is 39.1 Å². The van der Waals surface area contributed by atoms with Crippen molar-refractivity contribution in [1.82, 2.24) is 9.80 Å². The minimum absolute atomic E-state index is 0.0524. The smallest absolute Gasteiger partial charge is 0.254 e. The van der Waals surface area contributed by atoms with Gasteiger partial charge in [-0.2, -0.15) is 0 Å². The molecule has 3 aromatic rings. The molecule has 2 aromatic carbocycles. The lowest BCUT2D eigenvalue weighted by Gasteiger charge is -2.29. The van der Waals surface area contributed by atoms with E-state index >= 15 is 0 Å². The molecule has 0 bridgehead atoms. The molecule has 0 aliphatic carbocycles. The lowest BCUT2D eigenvalue weighted by atomic mass is 10.1. The summed E-state index contributed by atoms with van der Waals surface area (Å²) in [5.74, 6) is 0.0840. The van der Waals surface area contributed by atoms with Crippen molar-refractivity contribution in [2.45, 2.75) is 26.9 Å². The highest BCUT2D eigenvalue weighted by molar-refractivity contribution is 9.10. The number of nitrogens with zero attached hydrogens (tertiary/aromatic N) is 2. The van der Waals surface area contributed by atoms with Crippen LogP contribution in [-0.4, -0.2) is 34.7 Å². The zero-order chi connectivity index (χ0) is 22.2. The predicted molar refractivity (Wildman–Crippen MR) is 130 cm³/mol. The van der Waals surface area contributed by atoms with E-state index < -0.39 is 0 Å². The molecular formula is C25H27BrN2O2S. The van der Waals surface area contributed by atoms with Gasteiger partial charge in [0, 0.05) is 28.0 Å². The van der Waals surface area contributed by atoms with E-state index in [1.54, 1.807) is 28.4 Å². The lowest BCUT2D eigenvalue weighted by Crippen LogP contribution is -2.43. The van der Waals surface area contributed by atoms with Gasteiger partial charge in [-0.15, -0.1) is 11.3 Å². The van der Waals surface area contributed by atoms with Crippen LogP contribution in [0.15, 0.2) is 76.6 Å². The Labute approximate surface area is 196 Å². The molecule has 0 saturated heterocycles. The lowest BCUT2D eigenvalue weighted by molar-refractivity contribution is -0.133. The van der Waals surface area contributed by atoms with Crippen molar-refractivity contribution in [3.63, 3.8) is 0 Å². The van der Waals surface area contributed by atoms with Crippen LogP contribution in [0, 0.1) is 5.92 Å². The molecule has 0 saturated carbocycles. The molecule has 6 heteroatoms. The third-order valence-corrected chi connectivity index (χ3v) is 6.18. The van der Waals surface area contributed by atoms with Crippen molar-refractivity contribution in [2.24, 2.45) is 5.92 Å². The van der Waals surface area contributed by atoms with E-state index in [1.165, 1.54) is 0 Å². The number of rotatable bonds is 9. The Balaban J connectivity index is 1.79. The fourth-order valence-electron chi connectivity index (χ4n) is 3.33. The Hall–Kier alpha value is -2.44. The molecule has 31 heavy (non-hydrogen) atoms. The van der Waals surface area contributed by atoms with Crippen LogP contribution < -0.4 is 0 Å². The molecule has 1 heterocycles. The zero-order valence-electron chi connectivity index (χ0n) is 17.8. The fraction of sp³-hybridized carbons (Fsp3) is 0.280. The van der Waals surface area contributed by atoms with E-state index in [0.717, 1.165) is 14.9 Å². The molecular weight excluding hydrogens is 472 g/mol. The first-order valence-electron chi connectivity index (χ1n) is 10.3. The maximum atomic E-state index is 13.4. The molecule has 1 aromatic heterocycles. The van der Waals surface area contributed by atoms with Crippen LogP contribution in [0.3, 0.4) is 0 Å². The van der Waals surface area contributed by atoms with Crippen LogP contribution >= 0.6 is 27.3 Å². The summed E-state index contributed by atoms with van der Waals surface area (Å²) >= 11 is 5.04. The van der Waals surface area contributed by atoms with Gasteiger partial charge in [-0.25, -0.2) is 0 Å². The van der Waals surface area contributed by atoms with Gasteiger partial charge in [0.25, 0.3) is 5.91 Å². The van der Waals surface area contributed by atoms with Crippen LogP contribution in [0.25, 0.3) is 0 Å². The van der Waals surface area contributed by atoms with E-state index in [-0.39, 0.29) is 24.3 Å². The molecule has 0 aliphatic rings. The van der Waals surface area contributed by atoms with Gasteiger partial charge in [0.2, 0.25) is 5.91 Å². The summed E-state index contributed by atoms with van der Waals surface area (Å²) in [6.45, 7) is 5.75. The maximum absolute atomic E-state index is 13.4. The third kappa shape index (κ3) is 7.04. The Morgan fingerprint density at radius 3 is 2.23 bits per heavy atom. The van der Waals surface area contributed by atoms with Gasteiger partial charge < -0.3 is 9.80 Å². The van der Waals surface area contributed by atoms with Gasteiger partial charge in [-0.05, 0) is 47.2 Å². The van der Waals surface area contributed by atoms with Crippen molar-refractivity contribution in [3.05, 3.63) is 92.6 Å². The molecule has 0 spiro atoms. The van der Waals surface area contributed by atoms with Crippen molar-refractivity contribution in [3.8, 4) is 0 Å². The molecule has 0 N–H and O–H groups in total. The summed E-state index contributed by atoms with van der Waals surface area (Å²) in [4.78, 5) is 31.2. The van der Waals surface area contributed by atoms with Gasteiger partial charge >= 0.3 is 0 Å². The number of halogens is 1. The number of carbonyl (C=O) groups is 2. The second-order valence-electron chi connectivity index (χ2n) is 7.90. The molecule has 0 aliphatic heterocycles. The van der Waals surface area contributed by atoms with E-state index in [0.29, 0.717) is 25.2 Å². The van der Waals surface area contributed by atoms with Crippen LogP contribution in [0.2, 0.25) is 0 Å². The Bertz CT molecular complexity index is 973. The molecule has 0 radical (unpaired) electrons. The molecule has 0 unspecified atom stereocenters. The molecule has 4 nitrogen and oxygen atoms in total. The summed E-state index contributed by atoms with van der Waals surface area (Å²) in [6, 6.07) is 21.3. The normalized spacial score (nSPS) is 10.8. The average Bonchev–Trinajstić information content (AvgIpc) is 3.26. The highest BCUT2D eigenvalue weighted by Gasteiger charge is 2.23. The van der Waals surface area contributed by atoms with Crippen molar-refractivity contribution < 1.29 is 9.59 Å². The summed E-state index contributed by atoms with van der Waals surface area (Å²) in [7, 11) is 0. The summed E-state index contributed by atoms with van der Waals surface area (Å²) in [5.41, 5.74) is 1.66. The van der Waals surface area contributed by atoms with Crippen molar-refractivity contribution in [2.75, 3.05) is 13.1 Å². The number of thiophene rings is 1. The standard InChI is InChI=1S/C25H27BrN2O2S/c1-19(2)15-28(25(30)21-10-12-22(26)13-11-21)18-24(29)27(17-23-9-6-14-31-23)16-20-7-4-3-5-8-20/h3-14,19H,15-18H2,1-2H3. The van der Waals surface area contributed by atoms with Gasteiger partial charge in [0.15, 0.2) is 0 Å². The minimum atomic E-state index is -0.120. The van der Waals surface area contributed by atoms with Gasteiger partial charge in [-0.1, -0.05) is 66.2 Å². The number of benzene rings is 2. The quantitative estimate of drug-likeness (QED) is 0.371. The Kier molecular flexibility index (Phi) is 8.43. The van der Waals surface area contributed by atoms with Crippen LogP contribution in [0.1, 0.15) is 34.6 Å². The SMILES string of the molecule is CC(C)CN(CC(=O)N(Cc1ccccc1)Cc1cccs1)C(=O)c1ccc(Br)cc1. The molecule has 0 atom stereocenters. The average molecular weight is 499 g/mol. The van der Waals surface area contributed by atoms with Crippen LogP contribution in [-0.2, 0) is 17.9 Å². The van der Waals surface area contributed by atoms with Gasteiger partial charge in [0.05, 0.1) is 6.54 Å². The Morgan fingerprint density at radius 1 is 0.903 bits per heavy atom. The zero-order valence-corrected chi connectivity index (χ0v) is 20.2. The highest BCUT2D eigenvalue weighted by atomic mass is 79.9. The molecule has 2 amide bonds. The first-order chi connectivity index (χ1) is 14.9. The number of hydrogen-bond donors (Lipinski definition) is 0. The molecule has 162 valence electrons. The van der Waals surface area contributed by atoms with E-state index in [2.05, 4.69) is 29.8 Å². The maximum Gasteiger partial charge on any atom is 0.254 e. The topological polar surface area (TPSA) is 40.6 Å². The molecule has 0 fully saturated rings. The van der Waals surface area contributed by atoms with Crippen LogP contribution in [0.5, 0.6) is 0 Å². The van der Waals surface area contributed by atoms with E-state index in [1.807, 2.05) is 64.9 Å². The summed E-state index contributed by atoms with van der Waals surface area (Å²) in [6.07, 6.45) is 0. The third-order valence-electron chi connectivity index (χ3n) is 4.79. The number of carbonyl (C=O) groups excluding carboxylic acids is 2. The van der Waals surface area contributed by atoms with E-state index in [9.17, 15) is 9.59 Å². The minimum Gasteiger partial charge on any atom is -0.332 e. The van der Waals surface area contributed by atoms with E-state index in [4.69, 9.17) is 0 Å². The molecule has 3 rings (SSSR count). The highest BCUT2D eigenvalue weighted by Crippen LogP contribution is 2.17. The monoisotopic (exact) mass is 498 g/mol. The second kappa shape index (κ2) is 11.3. The van der Waals surface area contributed by atoms with Gasteiger partial charge in [-0.3, -0.25) is 9.59 Å². The summed E-state index contributed by atoms with van der Waals surface area (Å²) < 4.78 is 0.917. The van der Waals surface area contributed by atoms with Gasteiger partial charge in [0.1, 0.15) is 6.54 Å². The number of hydrogen-bond acceptors (Lipinski definition) is 3. The van der Waals surface area contributed by atoms with Crippen molar-refractivity contribution in [1.29, 1.82) is 0 Å².